The minimum atomic E-state index is -1.44. The Bertz CT molecular complexity index is 460. The van der Waals surface area contributed by atoms with Crippen molar-refractivity contribution in [3.63, 3.8) is 0 Å². The van der Waals surface area contributed by atoms with Crippen molar-refractivity contribution in [1.29, 1.82) is 0 Å². The molecule has 0 unspecified atom stereocenters. The molecule has 0 heterocycles. The summed E-state index contributed by atoms with van der Waals surface area (Å²) in [5.74, 6) is 0.112. The van der Waals surface area contributed by atoms with Crippen LogP contribution in [0.1, 0.15) is 15.9 Å². The second kappa shape index (κ2) is 4.33. The number of hydrogen-bond donors (Lipinski definition) is 1. The summed E-state index contributed by atoms with van der Waals surface area (Å²) in [7, 11) is 0. The highest BCUT2D eigenvalue weighted by molar-refractivity contribution is 5.87. The fourth-order valence-electron chi connectivity index (χ4n) is 0.918. The number of aromatic carboxylic acids is 1. The number of carboxylic acid groups (broad SMARTS) is 1. The largest absolute Gasteiger partial charge is 0.478 e. The van der Waals surface area contributed by atoms with E-state index in [0.717, 1.165) is 0 Å². The zero-order valence-corrected chi connectivity index (χ0v) is 7.25. The molecular weight excluding hydrogens is 206 g/mol. The van der Waals surface area contributed by atoms with Crippen molar-refractivity contribution in [1.82, 2.24) is 0 Å². The number of carbonyl (C=O) groups is 2. The topological polar surface area (TPSA) is 54.4 Å². The molecule has 0 aromatic heterocycles. The van der Waals surface area contributed by atoms with Crippen molar-refractivity contribution in [3.05, 3.63) is 34.9 Å². The molecule has 0 saturated heterocycles. The second-order valence-electron chi connectivity index (χ2n) is 2.51. The van der Waals surface area contributed by atoms with Crippen molar-refractivity contribution < 1.29 is 23.5 Å². The Kier molecular flexibility index (Phi) is 3.13. The average molecular weight is 210 g/mol. The zero-order valence-electron chi connectivity index (χ0n) is 7.25. The Morgan fingerprint density at radius 2 is 1.87 bits per heavy atom. The van der Waals surface area contributed by atoms with E-state index in [2.05, 4.69) is 0 Å². The summed E-state index contributed by atoms with van der Waals surface area (Å²) in [6, 6.07) is 1.28. The fourth-order valence-corrected chi connectivity index (χ4v) is 0.918. The van der Waals surface area contributed by atoms with Crippen LogP contribution in [0.5, 0.6) is 0 Å². The third-order valence-corrected chi connectivity index (χ3v) is 1.55. The van der Waals surface area contributed by atoms with Crippen molar-refractivity contribution >= 4 is 12.3 Å². The first-order valence-corrected chi connectivity index (χ1v) is 3.73. The molecule has 1 aromatic carbocycles. The van der Waals surface area contributed by atoms with Crippen LogP contribution in [0.4, 0.5) is 8.78 Å². The molecule has 0 aliphatic heterocycles. The molecule has 0 bridgehead atoms. The maximum Gasteiger partial charge on any atom is 0.335 e. The van der Waals surface area contributed by atoms with Crippen LogP contribution in [-0.4, -0.2) is 17.4 Å². The first-order valence-electron chi connectivity index (χ1n) is 3.73. The number of carboxylic acids is 1. The Morgan fingerprint density at radius 1 is 1.33 bits per heavy atom. The van der Waals surface area contributed by atoms with Gasteiger partial charge in [0, 0.05) is 0 Å². The summed E-state index contributed by atoms with van der Waals surface area (Å²) in [6.45, 7) is 0. The van der Waals surface area contributed by atoms with E-state index >= 15 is 0 Å². The number of halogens is 2. The predicted molar refractivity (Wildman–Crippen MR) is 46.3 cm³/mol. The van der Waals surface area contributed by atoms with Crippen molar-refractivity contribution in [2.45, 2.75) is 0 Å². The van der Waals surface area contributed by atoms with Crippen molar-refractivity contribution in [2.75, 3.05) is 0 Å². The molecule has 5 heteroatoms. The molecule has 76 valence electrons. The maximum atomic E-state index is 13.1. The molecule has 3 nitrogen and oxygen atoms in total. The number of benzene rings is 1. The first-order chi connectivity index (χ1) is 7.06. The van der Waals surface area contributed by atoms with Crippen LogP contribution in [0.2, 0.25) is 0 Å². The minimum Gasteiger partial charge on any atom is -0.478 e. The van der Waals surface area contributed by atoms with Crippen LogP contribution in [0.15, 0.2) is 12.1 Å². The summed E-state index contributed by atoms with van der Waals surface area (Å²) in [5, 5.41) is 8.48. The van der Waals surface area contributed by atoms with Gasteiger partial charge in [-0.05, 0) is 18.1 Å². The van der Waals surface area contributed by atoms with Crippen LogP contribution >= 0.6 is 0 Å². The zero-order chi connectivity index (χ0) is 11.4. The smallest absolute Gasteiger partial charge is 0.335 e. The molecule has 0 fully saturated rings. The van der Waals surface area contributed by atoms with Crippen LogP contribution in [-0.2, 0) is 4.79 Å². The molecule has 1 N–H and O–H groups in total. The standard InChI is InChI=1S/C10H4F2O3/c11-8-4-6(10(14)15)5-9(12)7(8)2-1-3-13/h3-5H,(H,14,15). The van der Waals surface area contributed by atoms with E-state index in [1.807, 2.05) is 11.8 Å². The number of aldehydes is 1. The van der Waals surface area contributed by atoms with E-state index in [4.69, 9.17) is 5.11 Å². The molecule has 1 aromatic rings. The van der Waals surface area contributed by atoms with Gasteiger partial charge in [-0.1, -0.05) is 5.92 Å². The Labute approximate surface area is 83.3 Å². The third-order valence-electron chi connectivity index (χ3n) is 1.55. The van der Waals surface area contributed by atoms with Crippen LogP contribution < -0.4 is 0 Å². The molecule has 0 radical (unpaired) electrons. The van der Waals surface area contributed by atoms with E-state index in [-0.39, 0.29) is 6.29 Å². The summed E-state index contributed by atoms with van der Waals surface area (Å²) >= 11 is 0. The monoisotopic (exact) mass is 210 g/mol. The molecule has 0 aliphatic carbocycles. The lowest BCUT2D eigenvalue weighted by Gasteiger charge is -1.99. The lowest BCUT2D eigenvalue weighted by Crippen LogP contribution is -2.01. The molecular formula is C10H4F2O3. The van der Waals surface area contributed by atoms with Crippen molar-refractivity contribution in [3.8, 4) is 11.8 Å². The lowest BCUT2D eigenvalue weighted by molar-refractivity contribution is -0.103. The second-order valence-corrected chi connectivity index (χ2v) is 2.51. The van der Waals surface area contributed by atoms with E-state index in [0.29, 0.717) is 12.1 Å². The summed E-state index contributed by atoms with van der Waals surface area (Å²) in [6.07, 6.45) is 0.185. The predicted octanol–water partition coefficient (Wildman–Crippen LogP) is 1.21. The van der Waals surface area contributed by atoms with E-state index in [1.54, 1.807) is 0 Å². The number of rotatable bonds is 1. The molecule has 15 heavy (non-hydrogen) atoms. The van der Waals surface area contributed by atoms with E-state index in [9.17, 15) is 18.4 Å². The van der Waals surface area contributed by atoms with Gasteiger partial charge in [0.25, 0.3) is 0 Å². The quantitative estimate of drug-likeness (QED) is 0.560. The molecule has 0 saturated carbocycles. The normalized spacial score (nSPS) is 8.93. The first kappa shape index (κ1) is 10.9. The molecule has 1 rings (SSSR count). The van der Waals surface area contributed by atoms with E-state index < -0.39 is 28.7 Å². The van der Waals surface area contributed by atoms with Crippen LogP contribution in [0.25, 0.3) is 0 Å². The van der Waals surface area contributed by atoms with Crippen LogP contribution in [0, 0.1) is 23.5 Å². The third kappa shape index (κ3) is 2.38. The van der Waals surface area contributed by atoms with Gasteiger partial charge in [0.05, 0.1) is 11.1 Å². The van der Waals surface area contributed by atoms with Gasteiger partial charge in [-0.15, -0.1) is 0 Å². The highest BCUT2D eigenvalue weighted by atomic mass is 19.1. The molecule has 0 amide bonds. The Morgan fingerprint density at radius 3 is 2.27 bits per heavy atom. The average Bonchev–Trinajstić information content (AvgIpc) is 2.16. The summed E-state index contributed by atoms with van der Waals surface area (Å²) < 4.78 is 26.1. The maximum absolute atomic E-state index is 13.1. The highest BCUT2D eigenvalue weighted by Crippen LogP contribution is 2.14. The van der Waals surface area contributed by atoms with E-state index in [1.165, 1.54) is 0 Å². The van der Waals surface area contributed by atoms with Gasteiger partial charge in [0.15, 0.2) is 6.29 Å². The molecule has 0 aliphatic rings. The number of hydrogen-bond acceptors (Lipinski definition) is 2. The lowest BCUT2D eigenvalue weighted by atomic mass is 10.1. The van der Waals surface area contributed by atoms with Gasteiger partial charge in [0.2, 0.25) is 0 Å². The van der Waals surface area contributed by atoms with Gasteiger partial charge >= 0.3 is 5.97 Å². The van der Waals surface area contributed by atoms with Gasteiger partial charge < -0.3 is 5.11 Å². The Balaban J connectivity index is 3.33. The van der Waals surface area contributed by atoms with Gasteiger partial charge in [-0.25, -0.2) is 13.6 Å². The molecule has 0 spiro atoms. The highest BCUT2D eigenvalue weighted by Gasteiger charge is 2.12. The Hall–Kier alpha value is -2.22. The van der Waals surface area contributed by atoms with Crippen molar-refractivity contribution in [2.24, 2.45) is 0 Å². The van der Waals surface area contributed by atoms with Gasteiger partial charge in [-0.3, -0.25) is 4.79 Å². The number of carbonyl (C=O) groups excluding carboxylic acids is 1. The molecule has 0 atom stereocenters. The minimum absolute atomic E-state index is 0.185. The SMILES string of the molecule is O=CC#Cc1c(F)cc(C(=O)O)cc1F. The fraction of sp³-hybridized carbons (Fsp3) is 0. The van der Waals surface area contributed by atoms with Gasteiger partial charge in [-0.2, -0.15) is 0 Å². The van der Waals surface area contributed by atoms with Gasteiger partial charge in [0.1, 0.15) is 11.6 Å². The summed E-state index contributed by atoms with van der Waals surface area (Å²) in [5.41, 5.74) is -1.13. The summed E-state index contributed by atoms with van der Waals surface area (Å²) in [4.78, 5) is 20.3. The van der Waals surface area contributed by atoms with Crippen LogP contribution in [0.3, 0.4) is 0 Å².